The van der Waals surface area contributed by atoms with Gasteiger partial charge in [-0.2, -0.15) is 0 Å². The maximum Gasteiger partial charge on any atom is 0.273 e. The highest BCUT2D eigenvalue weighted by molar-refractivity contribution is 5.93. The van der Waals surface area contributed by atoms with Gasteiger partial charge in [-0.25, -0.2) is 4.57 Å². The average molecular weight is 435 g/mol. The van der Waals surface area contributed by atoms with Crippen molar-refractivity contribution in [1.29, 1.82) is 0 Å². The van der Waals surface area contributed by atoms with Crippen molar-refractivity contribution in [2.45, 2.75) is 13.0 Å². The molecule has 0 aliphatic rings. The van der Waals surface area contributed by atoms with Gasteiger partial charge in [-0.05, 0) is 12.5 Å². The van der Waals surface area contributed by atoms with E-state index in [0.717, 1.165) is 11.1 Å². The first kappa shape index (κ1) is 18.1. The molecule has 3 rings (SSSR count). The summed E-state index contributed by atoms with van der Waals surface area (Å²) in [6, 6.07) is 15.1. The molecule has 0 spiro atoms. The first-order valence-corrected chi connectivity index (χ1v) is 7.41. The Kier molecular flexibility index (Phi) is 6.08. The molecule has 24 heavy (non-hydrogen) atoms. The van der Waals surface area contributed by atoms with Gasteiger partial charge in [0.2, 0.25) is 0 Å². The molecule has 1 atom stereocenters. The number of carbonyl (C=O) groups excluding carboxylic acids is 1. The molecule has 3 aromatic rings. The standard InChI is InChI=1S/C18H17N3O2.HI/c1-13(14-8-10-21(2)11-9-14)19-18(22)16-12-17(23-20-16)15-6-4-3-5-7-15;/h3-13H,1-2H3;1H. The number of amides is 1. The Labute approximate surface area is 157 Å². The number of aryl methyl sites for hydroxylation is 1. The molecule has 1 unspecified atom stereocenters. The van der Waals surface area contributed by atoms with Crippen molar-refractivity contribution in [3.8, 4) is 11.3 Å². The van der Waals surface area contributed by atoms with Gasteiger partial charge in [-0.3, -0.25) is 4.79 Å². The van der Waals surface area contributed by atoms with Crippen molar-refractivity contribution in [2.24, 2.45) is 7.05 Å². The third kappa shape index (κ3) is 4.19. The fourth-order valence-corrected chi connectivity index (χ4v) is 2.28. The summed E-state index contributed by atoms with van der Waals surface area (Å²) >= 11 is 0. The van der Waals surface area contributed by atoms with E-state index in [1.807, 2.05) is 73.4 Å². The monoisotopic (exact) mass is 435 g/mol. The van der Waals surface area contributed by atoms with E-state index in [9.17, 15) is 4.79 Å². The number of hydrogen-bond donors (Lipinski definition) is 1. The lowest BCUT2D eigenvalue weighted by molar-refractivity contribution is -0.671. The number of aromatic nitrogens is 2. The van der Waals surface area contributed by atoms with E-state index in [1.54, 1.807) is 6.07 Å². The number of nitrogens with zero attached hydrogens (tertiary/aromatic N) is 2. The van der Waals surface area contributed by atoms with Crippen molar-refractivity contribution in [2.75, 3.05) is 0 Å². The van der Waals surface area contributed by atoms with Crippen LogP contribution < -0.4 is 33.9 Å². The van der Waals surface area contributed by atoms with Crippen LogP contribution >= 0.6 is 0 Å². The molecular formula is C18H18IN3O2. The zero-order valence-electron chi connectivity index (χ0n) is 13.4. The van der Waals surface area contributed by atoms with Gasteiger partial charge in [0.1, 0.15) is 7.05 Å². The molecule has 6 heteroatoms. The normalized spacial score (nSPS) is 11.4. The van der Waals surface area contributed by atoms with Gasteiger partial charge >= 0.3 is 0 Å². The molecule has 0 radical (unpaired) electrons. The van der Waals surface area contributed by atoms with E-state index < -0.39 is 0 Å². The van der Waals surface area contributed by atoms with E-state index in [4.69, 9.17) is 4.52 Å². The average Bonchev–Trinajstić information content (AvgIpc) is 3.06. The van der Waals surface area contributed by atoms with Crippen LogP contribution in [-0.2, 0) is 7.05 Å². The number of halogens is 1. The van der Waals surface area contributed by atoms with Crippen molar-refractivity contribution < 1.29 is 37.9 Å². The summed E-state index contributed by atoms with van der Waals surface area (Å²) < 4.78 is 7.21. The third-order valence-corrected chi connectivity index (χ3v) is 3.65. The van der Waals surface area contributed by atoms with E-state index >= 15 is 0 Å². The molecule has 0 aliphatic heterocycles. The fraction of sp³-hybridized carbons (Fsp3) is 0.167. The molecule has 0 fully saturated rings. The molecule has 124 valence electrons. The maximum absolute atomic E-state index is 12.3. The molecule has 0 saturated heterocycles. The Morgan fingerprint density at radius 3 is 2.50 bits per heavy atom. The number of rotatable bonds is 4. The Balaban J connectivity index is 0.00000208. The third-order valence-electron chi connectivity index (χ3n) is 3.65. The van der Waals surface area contributed by atoms with Crippen molar-refractivity contribution >= 4 is 5.91 Å². The molecular weight excluding hydrogens is 417 g/mol. The summed E-state index contributed by atoms with van der Waals surface area (Å²) in [5, 5.41) is 6.79. The van der Waals surface area contributed by atoms with Crippen LogP contribution in [0.25, 0.3) is 11.3 Å². The molecule has 1 N–H and O–H groups in total. The minimum atomic E-state index is -0.253. The van der Waals surface area contributed by atoms with Crippen LogP contribution in [-0.4, -0.2) is 11.1 Å². The Bertz CT molecular complexity index is 801. The van der Waals surface area contributed by atoms with Crippen molar-refractivity contribution in [1.82, 2.24) is 10.5 Å². The summed E-state index contributed by atoms with van der Waals surface area (Å²) in [6.45, 7) is 1.94. The lowest BCUT2D eigenvalue weighted by atomic mass is 10.1. The molecule has 0 aliphatic carbocycles. The second-order valence-electron chi connectivity index (χ2n) is 5.43. The summed E-state index contributed by atoms with van der Waals surface area (Å²) in [6.07, 6.45) is 3.89. The van der Waals surface area contributed by atoms with E-state index in [0.29, 0.717) is 5.76 Å². The van der Waals surface area contributed by atoms with Crippen LogP contribution in [0.15, 0.2) is 65.4 Å². The SMILES string of the molecule is CC(NC(=O)c1cc(-c2ccccc2)on1)c1cc[n+](C)cc1.[I-]. The second kappa shape index (κ2) is 8.05. The lowest BCUT2D eigenvalue weighted by Gasteiger charge is -2.12. The van der Waals surface area contributed by atoms with Gasteiger partial charge < -0.3 is 33.8 Å². The summed E-state index contributed by atoms with van der Waals surface area (Å²) in [7, 11) is 1.95. The highest BCUT2D eigenvalue weighted by Gasteiger charge is 2.16. The smallest absolute Gasteiger partial charge is 0.273 e. The maximum atomic E-state index is 12.3. The second-order valence-corrected chi connectivity index (χ2v) is 5.43. The minimum absolute atomic E-state index is 0. The van der Waals surface area contributed by atoms with Crippen molar-refractivity contribution in [3.63, 3.8) is 0 Å². The number of carbonyl (C=O) groups is 1. The predicted molar refractivity (Wildman–Crippen MR) is 85.4 cm³/mol. The highest BCUT2D eigenvalue weighted by atomic mass is 127. The number of hydrogen-bond acceptors (Lipinski definition) is 3. The van der Waals surface area contributed by atoms with Gasteiger partial charge in [-0.15, -0.1) is 0 Å². The van der Waals surface area contributed by atoms with E-state index in [2.05, 4.69) is 10.5 Å². The van der Waals surface area contributed by atoms with Gasteiger partial charge in [0.15, 0.2) is 23.8 Å². The van der Waals surface area contributed by atoms with Crippen LogP contribution in [0, 0.1) is 0 Å². The Morgan fingerprint density at radius 1 is 1.17 bits per heavy atom. The molecule has 0 saturated carbocycles. The van der Waals surface area contributed by atoms with Crippen molar-refractivity contribution in [3.05, 3.63) is 72.2 Å². The van der Waals surface area contributed by atoms with Crippen LogP contribution in [0.4, 0.5) is 0 Å². The van der Waals surface area contributed by atoms with Crippen LogP contribution in [0.5, 0.6) is 0 Å². The number of pyridine rings is 1. The highest BCUT2D eigenvalue weighted by Crippen LogP contribution is 2.20. The van der Waals surface area contributed by atoms with Crippen LogP contribution in [0.1, 0.15) is 29.0 Å². The van der Waals surface area contributed by atoms with Gasteiger partial charge in [-0.1, -0.05) is 35.5 Å². The molecule has 2 heterocycles. The Morgan fingerprint density at radius 2 is 1.83 bits per heavy atom. The van der Waals surface area contributed by atoms with Gasteiger partial charge in [0.05, 0.1) is 6.04 Å². The summed E-state index contributed by atoms with van der Waals surface area (Å²) in [4.78, 5) is 12.3. The van der Waals surface area contributed by atoms with E-state index in [-0.39, 0.29) is 41.6 Å². The quantitative estimate of drug-likeness (QED) is 0.451. The summed E-state index contributed by atoms with van der Waals surface area (Å²) in [5.41, 5.74) is 2.20. The van der Waals surface area contributed by atoms with Crippen LogP contribution in [0.3, 0.4) is 0 Å². The largest absolute Gasteiger partial charge is 1.00 e. The summed E-state index contributed by atoms with van der Waals surface area (Å²) in [5.74, 6) is 0.326. The topological polar surface area (TPSA) is 59.0 Å². The number of benzene rings is 1. The molecule has 0 bridgehead atoms. The first-order chi connectivity index (χ1) is 11.1. The predicted octanol–water partition coefficient (Wildman–Crippen LogP) is -0.339. The molecule has 2 aromatic heterocycles. The van der Waals surface area contributed by atoms with Crippen LogP contribution in [0.2, 0.25) is 0 Å². The Hall–Kier alpha value is -2.22. The zero-order chi connectivity index (χ0) is 16.2. The lowest BCUT2D eigenvalue weighted by Crippen LogP contribution is -3.00. The first-order valence-electron chi connectivity index (χ1n) is 7.41. The zero-order valence-corrected chi connectivity index (χ0v) is 15.6. The van der Waals surface area contributed by atoms with Gasteiger partial charge in [0, 0.05) is 23.8 Å². The fourth-order valence-electron chi connectivity index (χ4n) is 2.28. The van der Waals surface area contributed by atoms with E-state index in [1.165, 1.54) is 0 Å². The molecule has 1 aromatic carbocycles. The number of nitrogens with one attached hydrogen (secondary N) is 1. The minimum Gasteiger partial charge on any atom is -1.00 e. The van der Waals surface area contributed by atoms with Gasteiger partial charge in [0.25, 0.3) is 5.91 Å². The molecule has 5 nitrogen and oxygen atoms in total. The molecule has 1 amide bonds.